The van der Waals surface area contributed by atoms with E-state index in [0.29, 0.717) is 16.5 Å². The molecule has 9 nitrogen and oxygen atoms in total. The lowest BCUT2D eigenvalue weighted by Gasteiger charge is -2.24. The third kappa shape index (κ3) is 4.26. The van der Waals surface area contributed by atoms with Crippen molar-refractivity contribution in [3.05, 3.63) is 35.3 Å². The number of thiazole rings is 1. The Hall–Kier alpha value is -2.31. The van der Waals surface area contributed by atoms with Gasteiger partial charge in [0.2, 0.25) is 5.13 Å². The number of sulfonamides is 1. The van der Waals surface area contributed by atoms with Crippen LogP contribution in [0.4, 0.5) is 10.8 Å². The third-order valence-corrected chi connectivity index (χ3v) is 6.77. The quantitative estimate of drug-likeness (QED) is 0.307. The number of anilines is 1. The van der Waals surface area contributed by atoms with E-state index in [9.17, 15) is 8.42 Å². The van der Waals surface area contributed by atoms with Crippen molar-refractivity contribution in [2.75, 3.05) is 12.0 Å². The number of rotatable bonds is 6. The average molecular weight is 414 g/mol. The van der Waals surface area contributed by atoms with Gasteiger partial charge >= 0.3 is 0 Å². The van der Waals surface area contributed by atoms with Gasteiger partial charge in [-0.25, -0.2) is 4.98 Å². The molecule has 1 atom stereocenters. The highest BCUT2D eigenvalue weighted by Crippen LogP contribution is 2.37. The Bertz CT molecular complexity index is 947. The molecule has 1 heterocycles. The van der Waals surface area contributed by atoms with E-state index in [0.717, 1.165) is 0 Å². The molecule has 8 N–H and O–H groups in total. The fourth-order valence-electron chi connectivity index (χ4n) is 1.89. The molecule has 0 saturated heterocycles. The van der Waals surface area contributed by atoms with Crippen LogP contribution in [0.1, 0.15) is 12.6 Å². The molecule has 0 spiro atoms. The topological polar surface area (TPSA) is 176 Å². The summed E-state index contributed by atoms with van der Waals surface area (Å²) >= 11 is 2.50. The summed E-state index contributed by atoms with van der Waals surface area (Å²) in [5.74, 6) is -0.229. The molecule has 1 aromatic heterocycles. The Labute approximate surface area is 159 Å². The maximum Gasteiger partial charge on any atom is 0.283 e. The molecule has 1 aromatic carbocycles. The van der Waals surface area contributed by atoms with Crippen molar-refractivity contribution in [1.29, 1.82) is 0 Å². The number of nitrogen functional groups attached to an aromatic ring is 1. The third-order valence-electron chi connectivity index (χ3n) is 3.50. The number of hydrogen-bond donors (Lipinski definition) is 4. The first-order valence-electron chi connectivity index (χ1n) is 7.16. The molecule has 2 rings (SSSR count). The number of nitrogens with zero attached hydrogens (tertiary/aromatic N) is 3. The van der Waals surface area contributed by atoms with Crippen molar-refractivity contribution in [2.45, 2.75) is 16.6 Å². The van der Waals surface area contributed by atoms with Gasteiger partial charge in [0.1, 0.15) is 10.6 Å². The number of aliphatic imine (C=N–C) groups is 1. The van der Waals surface area contributed by atoms with Gasteiger partial charge in [-0.3, -0.25) is 0 Å². The average Bonchev–Trinajstić information content (AvgIpc) is 3.02. The first kappa shape index (κ1) is 20.0. The highest BCUT2D eigenvalue weighted by molar-refractivity contribution is 8.00. The van der Waals surface area contributed by atoms with Gasteiger partial charge in [-0.2, -0.15) is 13.4 Å². The van der Waals surface area contributed by atoms with Gasteiger partial charge in [0.15, 0.2) is 5.96 Å². The van der Waals surface area contributed by atoms with Crippen LogP contribution < -0.4 is 22.9 Å². The Kier molecular flexibility index (Phi) is 5.78. The van der Waals surface area contributed by atoms with Crippen molar-refractivity contribution in [1.82, 2.24) is 4.98 Å². The minimum atomic E-state index is -3.99. The molecule has 0 aliphatic carbocycles. The first-order valence-corrected chi connectivity index (χ1v) is 10.7. The predicted molar refractivity (Wildman–Crippen MR) is 108 cm³/mol. The molecule has 1 unspecified atom stereocenters. The van der Waals surface area contributed by atoms with Gasteiger partial charge in [0, 0.05) is 11.1 Å². The van der Waals surface area contributed by atoms with E-state index >= 15 is 0 Å². The van der Waals surface area contributed by atoms with Crippen LogP contribution in [0.3, 0.4) is 0 Å². The first-order chi connectivity index (χ1) is 12.1. The van der Waals surface area contributed by atoms with Crippen molar-refractivity contribution >= 4 is 55.7 Å². The van der Waals surface area contributed by atoms with E-state index in [-0.39, 0.29) is 16.7 Å². The Morgan fingerprint density at radius 2 is 1.85 bits per heavy atom. The normalized spacial score (nSPS) is 14.6. The second kappa shape index (κ2) is 7.51. The molecule has 0 aliphatic rings. The zero-order valence-corrected chi connectivity index (χ0v) is 16.5. The van der Waals surface area contributed by atoms with Crippen LogP contribution in [0.2, 0.25) is 0 Å². The van der Waals surface area contributed by atoms with Crippen LogP contribution in [0, 0.1) is 0 Å². The van der Waals surface area contributed by atoms with Crippen LogP contribution in [-0.4, -0.2) is 31.5 Å². The molecule has 26 heavy (non-hydrogen) atoms. The molecular weight excluding hydrogens is 394 g/mol. The summed E-state index contributed by atoms with van der Waals surface area (Å²) in [4.78, 5) is 8.18. The summed E-state index contributed by atoms with van der Waals surface area (Å²) in [6.07, 6.45) is 1.78. The fraction of sp³-hybridized carbons (Fsp3) is 0.214. The molecule has 0 saturated carbocycles. The van der Waals surface area contributed by atoms with E-state index in [1.54, 1.807) is 18.6 Å². The lowest BCUT2D eigenvalue weighted by Crippen LogP contribution is -2.36. The predicted octanol–water partition coefficient (Wildman–Crippen LogP) is 0.954. The van der Waals surface area contributed by atoms with E-state index < -0.39 is 14.8 Å². The van der Waals surface area contributed by atoms with Crippen molar-refractivity contribution in [3.8, 4) is 0 Å². The Morgan fingerprint density at radius 3 is 2.38 bits per heavy atom. The number of benzene rings is 1. The second-order valence-electron chi connectivity index (χ2n) is 5.31. The van der Waals surface area contributed by atoms with Crippen LogP contribution >= 0.6 is 23.1 Å². The standard InChI is InChI=1S/C14H19N7O2S3/c1-14(24-2,10-7-25-13(19-10)20-12(17)18)11(16)21-26(22,23)9-5-3-8(15)4-6-9/h3-7H,15H2,1-2H3,(H2,16,21)(H4,17,18,19,20). The van der Waals surface area contributed by atoms with Crippen molar-refractivity contribution in [3.63, 3.8) is 0 Å². The molecule has 12 heteroatoms. The van der Waals surface area contributed by atoms with Crippen LogP contribution in [-0.2, 0) is 14.8 Å². The summed E-state index contributed by atoms with van der Waals surface area (Å²) in [6.45, 7) is 1.73. The molecule has 0 aliphatic heterocycles. The number of aromatic nitrogens is 1. The lowest BCUT2D eigenvalue weighted by molar-refractivity contribution is 0.597. The van der Waals surface area contributed by atoms with E-state index in [1.165, 1.54) is 47.4 Å². The Balaban J connectivity index is 2.44. The summed E-state index contributed by atoms with van der Waals surface area (Å²) in [6, 6.07) is 5.71. The van der Waals surface area contributed by atoms with Crippen molar-refractivity contribution < 1.29 is 8.42 Å². The summed E-state index contributed by atoms with van der Waals surface area (Å²) < 4.78 is 27.8. The molecule has 0 bridgehead atoms. The summed E-state index contributed by atoms with van der Waals surface area (Å²) in [5.41, 5.74) is 23.3. The molecule has 140 valence electrons. The summed E-state index contributed by atoms with van der Waals surface area (Å²) in [5, 5.41) is 2.05. The van der Waals surface area contributed by atoms with Crippen LogP contribution in [0.25, 0.3) is 0 Å². The van der Waals surface area contributed by atoms with Gasteiger partial charge in [-0.05, 0) is 37.4 Å². The number of amidine groups is 1. The van der Waals surface area contributed by atoms with Gasteiger partial charge in [0.25, 0.3) is 10.0 Å². The minimum absolute atomic E-state index is 0.00225. The SMILES string of the molecule is CSC(C)(C(N)=NS(=O)(=O)c1ccc(N)cc1)c1csc(N=C(N)N)n1. The van der Waals surface area contributed by atoms with Gasteiger partial charge in [-0.15, -0.1) is 27.5 Å². The van der Waals surface area contributed by atoms with Gasteiger partial charge in [0.05, 0.1) is 10.6 Å². The fourth-order valence-corrected chi connectivity index (χ4v) is 4.44. The van der Waals surface area contributed by atoms with Crippen LogP contribution in [0.5, 0.6) is 0 Å². The molecular formula is C14H19N7O2S3. The largest absolute Gasteiger partial charge is 0.399 e. The number of hydrogen-bond acceptors (Lipinski definition) is 7. The van der Waals surface area contributed by atoms with Crippen LogP contribution in [0.15, 0.2) is 43.9 Å². The maximum atomic E-state index is 12.5. The lowest BCUT2D eigenvalue weighted by atomic mass is 10.1. The van der Waals surface area contributed by atoms with E-state index in [4.69, 9.17) is 22.9 Å². The highest BCUT2D eigenvalue weighted by atomic mass is 32.2. The second-order valence-corrected chi connectivity index (χ2v) is 8.98. The van der Waals surface area contributed by atoms with E-state index in [1.807, 2.05) is 0 Å². The number of nitrogens with two attached hydrogens (primary N) is 4. The van der Waals surface area contributed by atoms with E-state index in [2.05, 4.69) is 14.4 Å². The minimum Gasteiger partial charge on any atom is -0.399 e. The highest BCUT2D eigenvalue weighted by Gasteiger charge is 2.35. The molecule has 0 radical (unpaired) electrons. The van der Waals surface area contributed by atoms with Gasteiger partial charge < -0.3 is 22.9 Å². The monoisotopic (exact) mass is 413 g/mol. The number of guanidine groups is 1. The molecule has 0 fully saturated rings. The summed E-state index contributed by atoms with van der Waals surface area (Å²) in [7, 11) is -3.99. The molecule has 2 aromatic rings. The Morgan fingerprint density at radius 1 is 1.23 bits per heavy atom. The van der Waals surface area contributed by atoms with Crippen molar-refractivity contribution in [2.24, 2.45) is 26.6 Å². The van der Waals surface area contributed by atoms with Gasteiger partial charge in [-0.1, -0.05) is 0 Å². The number of thioether (sulfide) groups is 1. The zero-order chi connectivity index (χ0) is 19.5. The molecule has 0 amide bonds. The zero-order valence-electron chi connectivity index (χ0n) is 14.1. The maximum absolute atomic E-state index is 12.5. The smallest absolute Gasteiger partial charge is 0.283 e.